The average Bonchev–Trinajstić information content (AvgIpc) is 2.44. The first-order valence-electron chi connectivity index (χ1n) is 8.36. The monoisotopic (exact) mass is 272 g/mol. The predicted octanol–water partition coefficient (Wildman–Crippen LogP) is 3.08. The van der Waals surface area contributed by atoms with Crippen LogP contribution in [0.2, 0.25) is 0 Å². The van der Waals surface area contributed by atoms with E-state index < -0.39 is 0 Å². The maximum Gasteiger partial charge on any atom is 0.0236 e. The zero-order valence-electron chi connectivity index (χ0n) is 12.7. The van der Waals surface area contributed by atoms with Gasteiger partial charge in [0, 0.05) is 31.7 Å². The molecule has 2 unspecified atom stereocenters. The summed E-state index contributed by atoms with van der Waals surface area (Å²) in [5.74, 6) is 0.986. The zero-order chi connectivity index (χ0) is 13.8. The van der Waals surface area contributed by atoms with Crippen LogP contribution in [0.5, 0.6) is 0 Å². The first-order valence-corrected chi connectivity index (χ1v) is 8.36. The molecule has 1 N–H and O–H groups in total. The Hall–Kier alpha value is -0.860. The van der Waals surface area contributed by atoms with Gasteiger partial charge >= 0.3 is 0 Å². The van der Waals surface area contributed by atoms with Gasteiger partial charge in [0.25, 0.3) is 0 Å². The molecule has 1 heterocycles. The number of hydrogen-bond donors (Lipinski definition) is 1. The molecule has 0 aromatic heterocycles. The number of benzene rings is 1. The quantitative estimate of drug-likeness (QED) is 0.886. The van der Waals surface area contributed by atoms with E-state index in [4.69, 9.17) is 0 Å². The smallest absolute Gasteiger partial charge is 0.0236 e. The molecule has 2 aliphatic rings. The molecule has 0 amide bonds. The SMILES string of the molecule is CCC1CNC(Cc2ccccc2)CN1CC1CCC1. The van der Waals surface area contributed by atoms with Crippen molar-refractivity contribution in [2.24, 2.45) is 5.92 Å². The van der Waals surface area contributed by atoms with Crippen molar-refractivity contribution in [1.82, 2.24) is 10.2 Å². The summed E-state index contributed by atoms with van der Waals surface area (Å²) in [5.41, 5.74) is 1.46. The van der Waals surface area contributed by atoms with Gasteiger partial charge in [0.1, 0.15) is 0 Å². The summed E-state index contributed by atoms with van der Waals surface area (Å²) < 4.78 is 0. The lowest BCUT2D eigenvalue weighted by Crippen LogP contribution is -2.58. The van der Waals surface area contributed by atoms with E-state index in [0.29, 0.717) is 6.04 Å². The molecule has 0 radical (unpaired) electrons. The number of rotatable bonds is 5. The molecule has 1 aromatic rings. The topological polar surface area (TPSA) is 15.3 Å². The second-order valence-corrected chi connectivity index (χ2v) is 6.61. The minimum Gasteiger partial charge on any atom is -0.311 e. The molecule has 1 aromatic carbocycles. The van der Waals surface area contributed by atoms with Gasteiger partial charge in [-0.15, -0.1) is 0 Å². The second-order valence-electron chi connectivity index (χ2n) is 6.61. The summed E-state index contributed by atoms with van der Waals surface area (Å²) >= 11 is 0. The lowest BCUT2D eigenvalue weighted by atomic mass is 9.84. The van der Waals surface area contributed by atoms with Crippen LogP contribution in [0.4, 0.5) is 0 Å². The third-order valence-corrected chi connectivity index (χ3v) is 5.13. The number of nitrogens with one attached hydrogen (secondary N) is 1. The summed E-state index contributed by atoms with van der Waals surface area (Å²) in [6, 6.07) is 12.3. The van der Waals surface area contributed by atoms with Gasteiger partial charge in [-0.1, -0.05) is 43.7 Å². The molecular weight excluding hydrogens is 244 g/mol. The van der Waals surface area contributed by atoms with Crippen LogP contribution in [0.25, 0.3) is 0 Å². The van der Waals surface area contributed by atoms with Crippen LogP contribution in [0.3, 0.4) is 0 Å². The van der Waals surface area contributed by atoms with Crippen LogP contribution in [0.1, 0.15) is 38.2 Å². The summed E-state index contributed by atoms with van der Waals surface area (Å²) in [6.45, 7) is 6.06. The molecule has 0 bridgehead atoms. The summed E-state index contributed by atoms with van der Waals surface area (Å²) in [5, 5.41) is 3.77. The molecule has 2 fully saturated rings. The minimum absolute atomic E-state index is 0.625. The highest BCUT2D eigenvalue weighted by Crippen LogP contribution is 2.28. The van der Waals surface area contributed by atoms with Gasteiger partial charge in [-0.3, -0.25) is 4.90 Å². The highest BCUT2D eigenvalue weighted by Gasteiger charge is 2.30. The van der Waals surface area contributed by atoms with Gasteiger partial charge in [-0.25, -0.2) is 0 Å². The van der Waals surface area contributed by atoms with Gasteiger partial charge in [-0.05, 0) is 37.2 Å². The Kier molecular flexibility index (Phi) is 4.74. The second kappa shape index (κ2) is 6.73. The zero-order valence-corrected chi connectivity index (χ0v) is 12.7. The summed E-state index contributed by atoms with van der Waals surface area (Å²) in [7, 11) is 0. The fourth-order valence-electron chi connectivity index (χ4n) is 3.60. The first-order chi connectivity index (χ1) is 9.85. The van der Waals surface area contributed by atoms with Crippen molar-refractivity contribution in [2.45, 2.75) is 51.1 Å². The van der Waals surface area contributed by atoms with Gasteiger partial charge in [0.2, 0.25) is 0 Å². The van der Waals surface area contributed by atoms with Gasteiger partial charge in [-0.2, -0.15) is 0 Å². The third kappa shape index (κ3) is 3.42. The van der Waals surface area contributed by atoms with E-state index in [-0.39, 0.29) is 0 Å². The Bertz CT molecular complexity index is 399. The van der Waals surface area contributed by atoms with E-state index in [9.17, 15) is 0 Å². The van der Waals surface area contributed by atoms with Gasteiger partial charge in [0.05, 0.1) is 0 Å². The Morgan fingerprint density at radius 2 is 2.00 bits per heavy atom. The molecule has 0 spiro atoms. The van der Waals surface area contributed by atoms with Crippen molar-refractivity contribution in [3.05, 3.63) is 35.9 Å². The van der Waals surface area contributed by atoms with Crippen molar-refractivity contribution in [3.63, 3.8) is 0 Å². The summed E-state index contributed by atoms with van der Waals surface area (Å²) in [4.78, 5) is 2.77. The number of hydrogen-bond acceptors (Lipinski definition) is 2. The largest absolute Gasteiger partial charge is 0.311 e. The van der Waals surface area contributed by atoms with Crippen molar-refractivity contribution in [1.29, 1.82) is 0 Å². The molecule has 2 heteroatoms. The van der Waals surface area contributed by atoms with E-state index in [2.05, 4.69) is 47.5 Å². The van der Waals surface area contributed by atoms with E-state index in [1.165, 1.54) is 57.3 Å². The molecule has 2 atom stereocenters. The van der Waals surface area contributed by atoms with Crippen molar-refractivity contribution in [2.75, 3.05) is 19.6 Å². The molecule has 1 aliphatic carbocycles. The third-order valence-electron chi connectivity index (χ3n) is 5.13. The average molecular weight is 272 g/mol. The molecule has 1 saturated heterocycles. The molecular formula is C18H28N2. The fraction of sp³-hybridized carbons (Fsp3) is 0.667. The Morgan fingerprint density at radius 3 is 2.65 bits per heavy atom. The molecule has 20 heavy (non-hydrogen) atoms. The molecule has 110 valence electrons. The van der Waals surface area contributed by atoms with Crippen LogP contribution in [0, 0.1) is 5.92 Å². The van der Waals surface area contributed by atoms with Gasteiger partial charge in [0.15, 0.2) is 0 Å². The number of piperazine rings is 1. The Labute approximate surface area is 123 Å². The Morgan fingerprint density at radius 1 is 1.20 bits per heavy atom. The highest BCUT2D eigenvalue weighted by atomic mass is 15.2. The van der Waals surface area contributed by atoms with E-state index in [0.717, 1.165) is 12.0 Å². The highest BCUT2D eigenvalue weighted by molar-refractivity contribution is 5.16. The van der Waals surface area contributed by atoms with Gasteiger partial charge < -0.3 is 5.32 Å². The van der Waals surface area contributed by atoms with Crippen molar-refractivity contribution >= 4 is 0 Å². The van der Waals surface area contributed by atoms with E-state index in [1.54, 1.807) is 0 Å². The summed E-state index contributed by atoms with van der Waals surface area (Å²) in [6.07, 6.45) is 6.82. The Balaban J connectivity index is 1.57. The first kappa shape index (κ1) is 14.1. The van der Waals surface area contributed by atoms with Crippen LogP contribution >= 0.6 is 0 Å². The number of nitrogens with zero attached hydrogens (tertiary/aromatic N) is 1. The normalized spacial score (nSPS) is 28.2. The lowest BCUT2D eigenvalue weighted by molar-refractivity contribution is 0.0864. The van der Waals surface area contributed by atoms with Crippen LogP contribution in [-0.2, 0) is 6.42 Å². The predicted molar refractivity (Wildman–Crippen MR) is 84.9 cm³/mol. The van der Waals surface area contributed by atoms with Crippen molar-refractivity contribution < 1.29 is 0 Å². The molecule has 1 saturated carbocycles. The van der Waals surface area contributed by atoms with Crippen LogP contribution in [-0.4, -0.2) is 36.6 Å². The van der Waals surface area contributed by atoms with Crippen LogP contribution < -0.4 is 5.32 Å². The molecule has 3 rings (SSSR count). The van der Waals surface area contributed by atoms with E-state index >= 15 is 0 Å². The minimum atomic E-state index is 0.625. The lowest BCUT2D eigenvalue weighted by Gasteiger charge is -2.43. The standard InChI is InChI=1S/C18H28N2/c1-2-18-12-19-17(11-15-7-4-3-5-8-15)14-20(18)13-16-9-6-10-16/h3-5,7-8,16-19H,2,6,9-14H2,1H3. The van der Waals surface area contributed by atoms with Crippen molar-refractivity contribution in [3.8, 4) is 0 Å². The fourth-order valence-corrected chi connectivity index (χ4v) is 3.60. The molecule has 1 aliphatic heterocycles. The molecule has 2 nitrogen and oxygen atoms in total. The van der Waals surface area contributed by atoms with Crippen LogP contribution in [0.15, 0.2) is 30.3 Å². The van der Waals surface area contributed by atoms with E-state index in [1.807, 2.05) is 0 Å². The maximum atomic E-state index is 3.77. The maximum absolute atomic E-state index is 3.77.